The SMILES string of the molecule is O=C(Nc1ccc(Oc2ccnc(C(=O)O)c2)cc1)Nc1ccc(Cl)c(OC2CCNCC2)c1C(F)(F)F. The standard InChI is InChI=1S/C25H22ClF3N4O5/c26-18-5-6-19(21(25(27,28)29)22(18)38-16-7-10-30-11-8-16)33-24(36)32-14-1-3-15(4-2-14)37-17-9-12-31-20(13-17)23(34)35/h1-6,9,12-13,16,30H,7-8,10-11H2,(H,34,35)(H2,32,33,36). The second-order valence-electron chi connectivity index (χ2n) is 8.25. The Bertz CT molecular complexity index is 1320. The lowest BCUT2D eigenvalue weighted by Gasteiger charge is -2.27. The molecule has 9 nitrogen and oxygen atoms in total. The fraction of sp³-hybridized carbons (Fsp3) is 0.240. The van der Waals surface area contributed by atoms with Crippen LogP contribution in [0.3, 0.4) is 0 Å². The van der Waals surface area contributed by atoms with Crippen LogP contribution < -0.4 is 25.4 Å². The molecule has 0 spiro atoms. The molecule has 4 rings (SSSR count). The van der Waals surface area contributed by atoms with Crippen LogP contribution in [0.1, 0.15) is 28.9 Å². The molecule has 38 heavy (non-hydrogen) atoms. The third-order valence-corrected chi connectivity index (χ3v) is 5.81. The van der Waals surface area contributed by atoms with E-state index in [4.69, 9.17) is 26.2 Å². The molecule has 1 saturated heterocycles. The minimum atomic E-state index is -4.85. The van der Waals surface area contributed by atoms with Crippen molar-refractivity contribution < 1.29 is 37.3 Å². The van der Waals surface area contributed by atoms with Crippen LogP contribution in [0.5, 0.6) is 17.2 Å². The second-order valence-corrected chi connectivity index (χ2v) is 8.66. The lowest BCUT2D eigenvalue weighted by Crippen LogP contribution is -2.34. The molecule has 0 unspecified atom stereocenters. The fourth-order valence-electron chi connectivity index (χ4n) is 3.76. The molecule has 4 N–H and O–H groups in total. The summed E-state index contributed by atoms with van der Waals surface area (Å²) in [5.41, 5.74) is -1.59. The van der Waals surface area contributed by atoms with Gasteiger partial charge in [0, 0.05) is 18.0 Å². The number of nitrogens with zero attached hydrogens (tertiary/aromatic N) is 1. The van der Waals surface area contributed by atoms with E-state index < -0.39 is 41.3 Å². The van der Waals surface area contributed by atoms with Gasteiger partial charge in [0.15, 0.2) is 11.4 Å². The molecule has 3 aromatic rings. The molecular formula is C25H22ClF3N4O5. The number of ether oxygens (including phenoxy) is 2. The fourth-order valence-corrected chi connectivity index (χ4v) is 3.96. The number of urea groups is 1. The summed E-state index contributed by atoms with van der Waals surface area (Å²) in [6.07, 6.45) is -2.96. The first-order valence-electron chi connectivity index (χ1n) is 11.4. The van der Waals surface area contributed by atoms with E-state index >= 15 is 0 Å². The van der Waals surface area contributed by atoms with Crippen molar-refractivity contribution in [2.75, 3.05) is 23.7 Å². The van der Waals surface area contributed by atoms with Crippen LogP contribution in [0.25, 0.3) is 0 Å². The Balaban J connectivity index is 1.46. The molecule has 200 valence electrons. The quantitative estimate of drug-likeness (QED) is 0.284. The van der Waals surface area contributed by atoms with Crippen LogP contribution in [0.15, 0.2) is 54.7 Å². The Morgan fingerprint density at radius 3 is 2.39 bits per heavy atom. The maximum atomic E-state index is 14.0. The number of carboxylic acid groups (broad SMARTS) is 1. The highest BCUT2D eigenvalue weighted by Crippen LogP contribution is 2.45. The van der Waals surface area contributed by atoms with Crippen molar-refractivity contribution in [2.24, 2.45) is 0 Å². The van der Waals surface area contributed by atoms with Crippen molar-refractivity contribution in [3.05, 3.63) is 71.0 Å². The van der Waals surface area contributed by atoms with Gasteiger partial charge < -0.3 is 30.5 Å². The van der Waals surface area contributed by atoms with E-state index in [9.17, 15) is 22.8 Å². The molecule has 1 aliphatic rings. The maximum absolute atomic E-state index is 14.0. The van der Waals surface area contributed by atoms with E-state index in [0.717, 1.165) is 6.07 Å². The third kappa shape index (κ3) is 6.84. The largest absolute Gasteiger partial charge is 0.488 e. The van der Waals surface area contributed by atoms with E-state index in [1.54, 1.807) is 0 Å². The molecule has 1 fully saturated rings. The van der Waals surface area contributed by atoms with Crippen molar-refractivity contribution in [1.29, 1.82) is 0 Å². The molecule has 2 aromatic carbocycles. The number of hydrogen-bond donors (Lipinski definition) is 4. The summed E-state index contributed by atoms with van der Waals surface area (Å²) in [6, 6.07) is 10.0. The zero-order valence-electron chi connectivity index (χ0n) is 19.6. The molecule has 0 saturated carbocycles. The third-order valence-electron chi connectivity index (χ3n) is 5.51. The number of alkyl halides is 3. The van der Waals surface area contributed by atoms with Gasteiger partial charge in [-0.3, -0.25) is 0 Å². The summed E-state index contributed by atoms with van der Waals surface area (Å²) in [6.45, 7) is 1.22. The zero-order valence-corrected chi connectivity index (χ0v) is 20.4. The Morgan fingerprint density at radius 1 is 1.03 bits per heavy atom. The molecular weight excluding hydrogens is 529 g/mol. The summed E-state index contributed by atoms with van der Waals surface area (Å²) in [5.74, 6) is -1.16. The smallest absolute Gasteiger partial charge is 0.422 e. The monoisotopic (exact) mass is 550 g/mol. The Labute approximate surface area is 219 Å². The molecule has 1 aliphatic heterocycles. The first-order valence-corrected chi connectivity index (χ1v) is 11.8. The summed E-state index contributed by atoms with van der Waals surface area (Å²) in [4.78, 5) is 27.3. The highest BCUT2D eigenvalue weighted by atomic mass is 35.5. The Hall–Kier alpha value is -4.03. The molecule has 2 heterocycles. The van der Waals surface area contributed by atoms with E-state index in [-0.39, 0.29) is 22.2 Å². The van der Waals surface area contributed by atoms with Gasteiger partial charge in [-0.25, -0.2) is 14.6 Å². The number of rotatable bonds is 7. The minimum absolute atomic E-state index is 0.192. The van der Waals surface area contributed by atoms with Gasteiger partial charge in [0.1, 0.15) is 23.2 Å². The number of amides is 2. The zero-order chi connectivity index (χ0) is 27.3. The summed E-state index contributed by atoms with van der Waals surface area (Å²) < 4.78 is 53.3. The first kappa shape index (κ1) is 27.0. The number of hydrogen-bond acceptors (Lipinski definition) is 6. The van der Waals surface area contributed by atoms with Crippen molar-refractivity contribution in [1.82, 2.24) is 10.3 Å². The number of piperidine rings is 1. The molecule has 0 radical (unpaired) electrons. The molecule has 1 aromatic heterocycles. The normalized spacial score (nSPS) is 14.0. The van der Waals surface area contributed by atoms with Crippen molar-refractivity contribution in [3.8, 4) is 17.2 Å². The maximum Gasteiger partial charge on any atom is 0.422 e. The number of pyridine rings is 1. The van der Waals surface area contributed by atoms with E-state index in [1.165, 1.54) is 48.7 Å². The number of halogens is 4. The molecule has 2 amide bonds. The van der Waals surface area contributed by atoms with E-state index in [2.05, 4.69) is 20.9 Å². The number of benzene rings is 2. The first-order chi connectivity index (χ1) is 18.1. The number of carbonyl (C=O) groups excluding carboxylic acids is 1. The lowest BCUT2D eigenvalue weighted by atomic mass is 10.1. The van der Waals surface area contributed by atoms with Gasteiger partial charge in [0.25, 0.3) is 0 Å². The number of carboxylic acids is 1. The van der Waals surface area contributed by atoms with Crippen LogP contribution >= 0.6 is 11.6 Å². The van der Waals surface area contributed by atoms with Gasteiger partial charge in [-0.05, 0) is 68.4 Å². The number of carbonyl (C=O) groups is 2. The minimum Gasteiger partial charge on any atom is -0.488 e. The highest BCUT2D eigenvalue weighted by molar-refractivity contribution is 6.32. The van der Waals surface area contributed by atoms with Crippen LogP contribution in [-0.2, 0) is 6.18 Å². The van der Waals surface area contributed by atoms with E-state index in [1.807, 2.05) is 0 Å². The topological polar surface area (TPSA) is 122 Å². The van der Waals surface area contributed by atoms with Crippen LogP contribution in [0, 0.1) is 0 Å². The highest BCUT2D eigenvalue weighted by Gasteiger charge is 2.39. The van der Waals surface area contributed by atoms with Crippen LogP contribution in [-0.4, -0.2) is 41.3 Å². The average Bonchev–Trinajstić information content (AvgIpc) is 2.87. The van der Waals surface area contributed by atoms with Gasteiger partial charge in [-0.2, -0.15) is 13.2 Å². The van der Waals surface area contributed by atoms with Gasteiger partial charge in [-0.1, -0.05) is 11.6 Å². The van der Waals surface area contributed by atoms with Gasteiger partial charge in [0.05, 0.1) is 10.7 Å². The predicted molar refractivity (Wildman–Crippen MR) is 133 cm³/mol. The summed E-state index contributed by atoms with van der Waals surface area (Å²) in [7, 11) is 0. The van der Waals surface area contributed by atoms with Crippen LogP contribution in [0.2, 0.25) is 5.02 Å². The lowest BCUT2D eigenvalue weighted by molar-refractivity contribution is -0.138. The molecule has 0 bridgehead atoms. The van der Waals surface area contributed by atoms with Crippen molar-refractivity contribution in [3.63, 3.8) is 0 Å². The number of aromatic nitrogens is 1. The van der Waals surface area contributed by atoms with Gasteiger partial charge >= 0.3 is 18.2 Å². The van der Waals surface area contributed by atoms with Crippen molar-refractivity contribution >= 4 is 35.0 Å². The molecule has 13 heteroatoms. The van der Waals surface area contributed by atoms with E-state index in [0.29, 0.717) is 31.7 Å². The Kier molecular flexibility index (Phi) is 8.23. The number of nitrogens with one attached hydrogen (secondary N) is 3. The summed E-state index contributed by atoms with van der Waals surface area (Å²) in [5, 5.41) is 16.6. The number of anilines is 2. The number of aromatic carboxylic acids is 1. The Morgan fingerprint density at radius 2 is 1.74 bits per heavy atom. The molecule has 0 aliphatic carbocycles. The second kappa shape index (κ2) is 11.6. The van der Waals surface area contributed by atoms with Gasteiger partial charge in [0.2, 0.25) is 0 Å². The van der Waals surface area contributed by atoms with Crippen molar-refractivity contribution in [2.45, 2.75) is 25.1 Å². The predicted octanol–water partition coefficient (Wildman–Crippen LogP) is 6.02. The summed E-state index contributed by atoms with van der Waals surface area (Å²) >= 11 is 6.08. The molecule has 0 atom stereocenters. The van der Waals surface area contributed by atoms with Gasteiger partial charge in [-0.15, -0.1) is 0 Å². The van der Waals surface area contributed by atoms with Crippen LogP contribution in [0.4, 0.5) is 29.3 Å². The average molecular weight is 551 g/mol.